The van der Waals surface area contributed by atoms with Gasteiger partial charge in [-0.15, -0.1) is 0 Å². The molecule has 7 nitrogen and oxygen atoms in total. The predicted octanol–water partition coefficient (Wildman–Crippen LogP) is 1.52. The van der Waals surface area contributed by atoms with Gasteiger partial charge in [0, 0.05) is 30.1 Å². The van der Waals surface area contributed by atoms with Gasteiger partial charge in [-0.3, -0.25) is 8.98 Å². The number of nitrogens with zero attached hydrogens (tertiary/aromatic N) is 1. The highest BCUT2D eigenvalue weighted by Gasteiger charge is 2.13. The minimum atomic E-state index is -3.47. The van der Waals surface area contributed by atoms with Gasteiger partial charge in [0.25, 0.3) is 10.1 Å². The molecule has 142 valence electrons. The van der Waals surface area contributed by atoms with Gasteiger partial charge in [-0.05, 0) is 36.6 Å². The normalized spacial score (nSPS) is 12.8. The van der Waals surface area contributed by atoms with Crippen LogP contribution >= 0.6 is 15.9 Å². The number of carboxylic acid groups (broad SMARTS) is 1. The molecule has 0 fully saturated rings. The Morgan fingerprint density at radius 1 is 1.40 bits per heavy atom. The number of aliphatic carboxylic acids is 1. The summed E-state index contributed by atoms with van der Waals surface area (Å²) in [5, 5.41) is 9.57. The molecule has 9 heteroatoms. The zero-order chi connectivity index (χ0) is 19.0. The topological polar surface area (TPSA) is 110 Å². The average Bonchev–Trinajstić information content (AvgIpc) is 2.46. The number of alkyl halides is 1. The van der Waals surface area contributed by atoms with Crippen molar-refractivity contribution in [2.45, 2.75) is 25.8 Å². The SMILES string of the molecule is Cc1ccc(N(CCBr)CCOS(C)(=O)=O)cc1C[C@H](N)CC(=O)O. The molecule has 0 saturated carbocycles. The fourth-order valence-electron chi connectivity index (χ4n) is 2.42. The van der Waals surface area contributed by atoms with Gasteiger partial charge in [0.1, 0.15) is 0 Å². The summed E-state index contributed by atoms with van der Waals surface area (Å²) in [5.41, 5.74) is 8.84. The van der Waals surface area contributed by atoms with Crippen LogP contribution in [-0.2, 0) is 25.5 Å². The molecule has 0 aliphatic carbocycles. The maximum Gasteiger partial charge on any atom is 0.304 e. The number of benzene rings is 1. The van der Waals surface area contributed by atoms with Crippen molar-refractivity contribution in [1.29, 1.82) is 0 Å². The number of anilines is 1. The van der Waals surface area contributed by atoms with Gasteiger partial charge >= 0.3 is 5.97 Å². The molecule has 3 N–H and O–H groups in total. The number of carbonyl (C=O) groups is 1. The van der Waals surface area contributed by atoms with Crippen molar-refractivity contribution in [1.82, 2.24) is 0 Å². The molecule has 1 aromatic carbocycles. The molecule has 1 atom stereocenters. The third-order valence-electron chi connectivity index (χ3n) is 3.63. The Balaban J connectivity index is 2.88. The van der Waals surface area contributed by atoms with E-state index >= 15 is 0 Å². The molecule has 0 bridgehead atoms. The lowest BCUT2D eigenvalue weighted by atomic mass is 9.99. The third-order valence-corrected chi connectivity index (χ3v) is 4.58. The van der Waals surface area contributed by atoms with E-state index in [4.69, 9.17) is 15.0 Å². The summed E-state index contributed by atoms with van der Waals surface area (Å²) in [7, 11) is -3.47. The Hall–Kier alpha value is -1.16. The van der Waals surface area contributed by atoms with Crippen LogP contribution in [0.2, 0.25) is 0 Å². The first kappa shape index (κ1) is 21.9. The van der Waals surface area contributed by atoms with Crippen LogP contribution in [0.5, 0.6) is 0 Å². The van der Waals surface area contributed by atoms with Crippen LogP contribution in [0.3, 0.4) is 0 Å². The maximum absolute atomic E-state index is 11.1. The number of aryl methyl sites for hydroxylation is 1. The van der Waals surface area contributed by atoms with E-state index in [1.54, 1.807) is 0 Å². The number of halogens is 1. The highest BCUT2D eigenvalue weighted by Crippen LogP contribution is 2.21. The summed E-state index contributed by atoms with van der Waals surface area (Å²) in [6.07, 6.45) is 1.40. The second-order valence-corrected chi connectivity index (χ2v) is 8.31. The Morgan fingerprint density at radius 3 is 2.64 bits per heavy atom. The van der Waals surface area contributed by atoms with Crippen LogP contribution in [0.1, 0.15) is 17.5 Å². The Morgan fingerprint density at radius 2 is 2.08 bits per heavy atom. The van der Waals surface area contributed by atoms with E-state index < -0.39 is 22.1 Å². The standard InChI is InChI=1S/C16H25BrN2O5S/c1-12-3-4-15(10-13(12)9-14(18)11-16(20)21)19(6-5-17)7-8-24-25(2,22)23/h3-4,10,14H,5-9,11,18H2,1-2H3,(H,20,21)/t14-/m0/s1. The van der Waals surface area contributed by atoms with Gasteiger partial charge in [-0.2, -0.15) is 8.42 Å². The van der Waals surface area contributed by atoms with E-state index in [1.807, 2.05) is 30.0 Å². The van der Waals surface area contributed by atoms with Crippen LogP contribution in [0.15, 0.2) is 18.2 Å². The van der Waals surface area contributed by atoms with Crippen LogP contribution in [0, 0.1) is 6.92 Å². The Kier molecular flexibility index (Phi) is 8.84. The van der Waals surface area contributed by atoms with Crippen LogP contribution < -0.4 is 10.6 Å². The molecule has 0 aliphatic heterocycles. The lowest BCUT2D eigenvalue weighted by Gasteiger charge is -2.25. The highest BCUT2D eigenvalue weighted by molar-refractivity contribution is 9.09. The molecule has 1 rings (SSSR count). The lowest BCUT2D eigenvalue weighted by Crippen LogP contribution is -2.30. The summed E-state index contributed by atoms with van der Waals surface area (Å²) in [6, 6.07) is 5.42. The third kappa shape index (κ3) is 8.66. The predicted molar refractivity (Wildman–Crippen MR) is 102 cm³/mol. The quantitative estimate of drug-likeness (QED) is 0.399. The van der Waals surface area contributed by atoms with Gasteiger partial charge in [0.15, 0.2) is 0 Å². The van der Waals surface area contributed by atoms with E-state index in [0.29, 0.717) is 24.8 Å². The number of nitrogens with two attached hydrogens (primary N) is 1. The highest BCUT2D eigenvalue weighted by atomic mass is 79.9. The zero-order valence-electron chi connectivity index (χ0n) is 14.4. The summed E-state index contributed by atoms with van der Waals surface area (Å²) < 4.78 is 27.0. The number of hydrogen-bond acceptors (Lipinski definition) is 6. The molecule has 1 aromatic rings. The van der Waals surface area contributed by atoms with E-state index in [9.17, 15) is 13.2 Å². The average molecular weight is 437 g/mol. The first-order chi connectivity index (χ1) is 11.6. The molecule has 0 spiro atoms. The summed E-state index contributed by atoms with van der Waals surface area (Å²) in [6.45, 7) is 3.11. The minimum absolute atomic E-state index is 0.0631. The number of hydrogen-bond donors (Lipinski definition) is 2. The second-order valence-electron chi connectivity index (χ2n) is 5.87. The Labute approximate surface area is 157 Å². The van der Waals surface area contributed by atoms with E-state index in [-0.39, 0.29) is 13.0 Å². The minimum Gasteiger partial charge on any atom is -0.481 e. The van der Waals surface area contributed by atoms with Crippen molar-refractivity contribution in [3.63, 3.8) is 0 Å². The smallest absolute Gasteiger partial charge is 0.304 e. The second kappa shape index (κ2) is 10.1. The number of rotatable bonds is 11. The molecule has 0 saturated heterocycles. The van der Waals surface area contributed by atoms with Gasteiger partial charge < -0.3 is 15.7 Å². The Bertz CT molecular complexity index is 681. The number of carboxylic acids is 1. The van der Waals surface area contributed by atoms with Crippen molar-refractivity contribution in [3.05, 3.63) is 29.3 Å². The molecular weight excluding hydrogens is 412 g/mol. The van der Waals surface area contributed by atoms with Gasteiger partial charge in [-0.25, -0.2) is 0 Å². The molecule has 0 aliphatic rings. The van der Waals surface area contributed by atoms with Crippen LogP contribution in [0.25, 0.3) is 0 Å². The van der Waals surface area contributed by atoms with E-state index in [1.165, 1.54) is 0 Å². The van der Waals surface area contributed by atoms with Crippen molar-refractivity contribution >= 4 is 37.7 Å². The monoisotopic (exact) mass is 436 g/mol. The molecular formula is C16H25BrN2O5S. The largest absolute Gasteiger partial charge is 0.481 e. The molecule has 25 heavy (non-hydrogen) atoms. The molecule has 0 amide bonds. The summed E-state index contributed by atoms with van der Waals surface area (Å²) in [5.74, 6) is -0.917. The van der Waals surface area contributed by atoms with Crippen molar-refractivity contribution in [3.8, 4) is 0 Å². The molecule has 0 radical (unpaired) electrons. The van der Waals surface area contributed by atoms with E-state index in [0.717, 1.165) is 23.1 Å². The molecule has 0 heterocycles. The van der Waals surface area contributed by atoms with Gasteiger partial charge in [0.2, 0.25) is 0 Å². The zero-order valence-corrected chi connectivity index (χ0v) is 16.8. The van der Waals surface area contributed by atoms with Gasteiger partial charge in [0.05, 0.1) is 19.3 Å². The first-order valence-electron chi connectivity index (χ1n) is 7.84. The fourth-order valence-corrected chi connectivity index (χ4v) is 3.23. The first-order valence-corrected chi connectivity index (χ1v) is 10.8. The van der Waals surface area contributed by atoms with E-state index in [2.05, 4.69) is 15.9 Å². The van der Waals surface area contributed by atoms with Crippen molar-refractivity contribution in [2.75, 3.05) is 36.2 Å². The lowest BCUT2D eigenvalue weighted by molar-refractivity contribution is -0.137. The van der Waals surface area contributed by atoms with Crippen LogP contribution in [0.4, 0.5) is 5.69 Å². The van der Waals surface area contributed by atoms with Crippen LogP contribution in [-0.4, -0.2) is 56.8 Å². The van der Waals surface area contributed by atoms with Crippen molar-refractivity contribution in [2.24, 2.45) is 5.73 Å². The maximum atomic E-state index is 11.1. The van der Waals surface area contributed by atoms with Crippen molar-refractivity contribution < 1.29 is 22.5 Å². The fraction of sp³-hybridized carbons (Fsp3) is 0.562. The molecule has 0 aromatic heterocycles. The summed E-state index contributed by atoms with van der Waals surface area (Å²) in [4.78, 5) is 12.8. The summed E-state index contributed by atoms with van der Waals surface area (Å²) >= 11 is 3.39. The van der Waals surface area contributed by atoms with Gasteiger partial charge in [-0.1, -0.05) is 22.0 Å². The molecule has 0 unspecified atom stereocenters.